The summed E-state index contributed by atoms with van der Waals surface area (Å²) in [6.07, 6.45) is 0.135. The topological polar surface area (TPSA) is 179 Å². The van der Waals surface area contributed by atoms with Crippen LogP contribution in [-0.2, 0) is 65.5 Å². The smallest absolute Gasteiger partial charge is 0.422 e. The van der Waals surface area contributed by atoms with E-state index in [9.17, 15) is 37.5 Å². The highest BCUT2D eigenvalue weighted by molar-refractivity contribution is 5.96. The van der Waals surface area contributed by atoms with Gasteiger partial charge in [0.15, 0.2) is 18.4 Å². The van der Waals surface area contributed by atoms with Crippen molar-refractivity contribution in [2.75, 3.05) is 20.3 Å². The summed E-state index contributed by atoms with van der Waals surface area (Å²) >= 11 is 0. The fourth-order valence-electron chi connectivity index (χ4n) is 9.95. The number of hydrogen-bond acceptors (Lipinski definition) is 13. The molecule has 2 bridgehead atoms. The number of carbonyl (C=O) groups excluding carboxylic acids is 5. The summed E-state index contributed by atoms with van der Waals surface area (Å²) in [6.45, 7) is 7.00. The Bertz CT molecular complexity index is 2120. The second-order valence-corrected chi connectivity index (χ2v) is 19.6. The lowest BCUT2D eigenvalue weighted by Gasteiger charge is -2.50. The Hall–Kier alpha value is -4.88. The molecular formula is C51H68F3N3O12. The van der Waals surface area contributed by atoms with Gasteiger partial charge in [0.05, 0.1) is 19.2 Å². The molecule has 2 N–H and O–H groups in total. The summed E-state index contributed by atoms with van der Waals surface area (Å²) in [7, 11) is 1.49. The molecule has 1 aliphatic carbocycles. The number of carbonyl (C=O) groups is 5. The Labute approximate surface area is 402 Å². The van der Waals surface area contributed by atoms with Crippen LogP contribution in [0.3, 0.4) is 0 Å². The molecule has 3 saturated heterocycles. The van der Waals surface area contributed by atoms with Crippen LogP contribution in [-0.4, -0.2) is 125 Å². The molecule has 15 nitrogen and oxygen atoms in total. The van der Waals surface area contributed by atoms with Gasteiger partial charge in [0.2, 0.25) is 11.8 Å². The number of aliphatic hydroxyl groups excluding tert-OH is 1. The number of ether oxygens (including phenoxy) is 5. The predicted molar refractivity (Wildman–Crippen MR) is 245 cm³/mol. The van der Waals surface area contributed by atoms with E-state index in [2.05, 4.69) is 23.9 Å². The molecule has 2 aromatic rings. The molecule has 2 aromatic carbocycles. The second-order valence-electron chi connectivity index (χ2n) is 19.6. The lowest BCUT2D eigenvalue weighted by atomic mass is 9.62. The first kappa shape index (κ1) is 53.5. The van der Waals surface area contributed by atoms with E-state index in [-0.39, 0.29) is 32.2 Å². The van der Waals surface area contributed by atoms with Crippen molar-refractivity contribution in [3.63, 3.8) is 0 Å². The van der Waals surface area contributed by atoms with E-state index in [4.69, 9.17) is 23.8 Å². The van der Waals surface area contributed by atoms with E-state index in [0.717, 1.165) is 50.2 Å². The van der Waals surface area contributed by atoms with E-state index < -0.39 is 108 Å². The maximum Gasteiger partial charge on any atom is 0.422 e. The number of alkyl halides is 3. The van der Waals surface area contributed by atoms with Crippen molar-refractivity contribution in [1.29, 1.82) is 0 Å². The fourth-order valence-corrected chi connectivity index (χ4v) is 9.95. The third kappa shape index (κ3) is 13.1. The van der Waals surface area contributed by atoms with Gasteiger partial charge >= 0.3 is 24.1 Å². The fraction of sp³-hybridized carbons (Fsp3) is 0.627. The number of rotatable bonds is 23. The van der Waals surface area contributed by atoms with Crippen molar-refractivity contribution < 1.29 is 70.8 Å². The Kier molecular flexibility index (Phi) is 17.8. The average molecular weight is 972 g/mol. The molecule has 6 rings (SSSR count). The Balaban J connectivity index is 1.38. The first-order chi connectivity index (χ1) is 32.7. The van der Waals surface area contributed by atoms with Crippen LogP contribution in [0.2, 0.25) is 0 Å². The Morgan fingerprint density at radius 3 is 2.25 bits per heavy atom. The molecule has 8 atom stereocenters. The van der Waals surface area contributed by atoms with Crippen LogP contribution in [0, 0.1) is 5.41 Å². The van der Waals surface area contributed by atoms with E-state index in [1.54, 1.807) is 57.2 Å². The number of amides is 2. The molecule has 2 amide bonds. The molecule has 4 fully saturated rings. The zero-order chi connectivity index (χ0) is 50.1. The highest BCUT2D eigenvalue weighted by atomic mass is 19.4. The van der Waals surface area contributed by atoms with Gasteiger partial charge in [-0.2, -0.15) is 18.2 Å². The third-order valence-corrected chi connectivity index (χ3v) is 13.2. The lowest BCUT2D eigenvalue weighted by Crippen LogP contribution is -2.70. The maximum absolute atomic E-state index is 15.9. The van der Waals surface area contributed by atoms with Crippen molar-refractivity contribution in [3.05, 3.63) is 77.4 Å². The van der Waals surface area contributed by atoms with Gasteiger partial charge in [-0.15, -0.1) is 0 Å². The van der Waals surface area contributed by atoms with Crippen molar-refractivity contribution in [2.24, 2.45) is 5.41 Å². The van der Waals surface area contributed by atoms with Gasteiger partial charge in [0.25, 0.3) is 0 Å². The van der Waals surface area contributed by atoms with Crippen molar-refractivity contribution in [1.82, 2.24) is 15.3 Å². The molecule has 69 heavy (non-hydrogen) atoms. The van der Waals surface area contributed by atoms with Gasteiger partial charge in [-0.25, -0.2) is 4.79 Å². The largest absolute Gasteiger partial charge is 0.460 e. The van der Waals surface area contributed by atoms with Crippen molar-refractivity contribution >= 4 is 35.8 Å². The van der Waals surface area contributed by atoms with Gasteiger partial charge in [-0.05, 0) is 62.8 Å². The predicted octanol–water partition coefficient (Wildman–Crippen LogP) is 6.91. The van der Waals surface area contributed by atoms with Gasteiger partial charge in [0, 0.05) is 45.2 Å². The lowest BCUT2D eigenvalue weighted by molar-refractivity contribution is -0.225. The van der Waals surface area contributed by atoms with Gasteiger partial charge < -0.3 is 39.0 Å². The van der Waals surface area contributed by atoms with Gasteiger partial charge in [0.1, 0.15) is 41.5 Å². The maximum atomic E-state index is 15.9. The number of likely N-dealkylation sites (N-methyl/N-ethyl adjacent to an activating group) is 1. The van der Waals surface area contributed by atoms with Crippen LogP contribution in [0.15, 0.2) is 60.7 Å². The number of unbranched alkanes of at least 4 members (excludes halogenated alkanes) is 4. The van der Waals surface area contributed by atoms with Crippen molar-refractivity contribution in [3.8, 4) is 0 Å². The van der Waals surface area contributed by atoms with E-state index in [1.807, 2.05) is 18.2 Å². The minimum Gasteiger partial charge on any atom is -0.460 e. The van der Waals surface area contributed by atoms with Gasteiger partial charge in [-0.1, -0.05) is 94.1 Å². The molecule has 8 unspecified atom stereocenters. The van der Waals surface area contributed by atoms with Crippen LogP contribution < -0.4 is 5.32 Å². The summed E-state index contributed by atoms with van der Waals surface area (Å²) in [6, 6.07) is 12.3. The van der Waals surface area contributed by atoms with Crippen LogP contribution in [0.5, 0.6) is 0 Å². The zero-order valence-electron chi connectivity index (χ0n) is 40.5. The van der Waals surface area contributed by atoms with Gasteiger partial charge in [-0.3, -0.25) is 24.0 Å². The molecular weight excluding hydrogens is 904 g/mol. The minimum atomic E-state index is -4.71. The highest BCUT2D eigenvalue weighted by Gasteiger charge is 2.77. The molecule has 18 heteroatoms. The van der Waals surface area contributed by atoms with Crippen molar-refractivity contribution in [2.45, 2.75) is 178 Å². The molecule has 4 aliphatic rings. The second kappa shape index (κ2) is 22.9. The minimum absolute atomic E-state index is 0.0394. The number of fused-ring (bicyclic) bond motifs is 4. The Morgan fingerprint density at radius 2 is 1.61 bits per heavy atom. The summed E-state index contributed by atoms with van der Waals surface area (Å²) in [4.78, 5) is 78.3. The number of benzene rings is 2. The normalized spacial score (nSPS) is 24.8. The van der Waals surface area contributed by atoms with Crippen LogP contribution in [0.25, 0.3) is 6.08 Å². The number of hydrogen-bond donors (Lipinski definition) is 2. The summed E-state index contributed by atoms with van der Waals surface area (Å²) in [5.41, 5.74) is -0.846. The van der Waals surface area contributed by atoms with E-state index >= 15 is 4.79 Å². The molecule has 0 spiro atoms. The first-order valence-corrected chi connectivity index (χ1v) is 24.2. The summed E-state index contributed by atoms with van der Waals surface area (Å²) < 4.78 is 68.4. The average Bonchev–Trinajstić information content (AvgIpc) is 3.86. The van der Waals surface area contributed by atoms with Crippen LogP contribution in [0.4, 0.5) is 13.2 Å². The number of esters is 3. The summed E-state index contributed by atoms with van der Waals surface area (Å²) in [5, 5.41) is 14.6. The molecule has 0 aromatic heterocycles. The van der Waals surface area contributed by atoms with Crippen LogP contribution >= 0.6 is 0 Å². The third-order valence-electron chi connectivity index (χ3n) is 13.2. The zero-order valence-corrected chi connectivity index (χ0v) is 40.5. The number of hydroxylamine groups is 2. The number of aliphatic hydroxyl groups is 1. The highest BCUT2D eigenvalue weighted by Crippen LogP contribution is 2.58. The number of nitrogens with zero attached hydrogens (tertiary/aromatic N) is 2. The first-order valence-electron chi connectivity index (χ1n) is 24.2. The standard InChI is InChI=1S/C51H68F3N3O12/c1-7-9-16-26-49(27-17-10-8-2)67-41-38-29-50(47(63)56(6)37(28-33-18-12-11-13-19-33)45(61)55-36(31-58)23-25-40(60)66-48(3,4)5)43(46(62)65-38)57(69-44(50)42(41)68-49)30-35-21-15-14-20-34(35)22-24-39(59)64-32-51(52,53)54/h11-15,18-22,24,36-38,41-44,58H,7-10,16-17,23,25-32H2,1-6H3,(H,55,61). The molecule has 380 valence electrons. The van der Waals surface area contributed by atoms with E-state index in [1.165, 1.54) is 23.1 Å². The SMILES string of the molecule is CCCCCC1(CCCCC)OC2C3CC4(C(=O)N(C)C(Cc5ccccc5)C(=O)NC(CO)CCC(=O)OC(C)(C)C)C(ON(Cc5ccccc5C=CC(=O)OCC(F)(F)F)C4C(=O)O3)C2O1. The number of nitrogens with one attached hydrogen (secondary N) is 1. The molecule has 3 heterocycles. The monoisotopic (exact) mass is 971 g/mol. The Morgan fingerprint density at radius 1 is 0.957 bits per heavy atom. The summed E-state index contributed by atoms with van der Waals surface area (Å²) in [5.74, 6) is -4.74. The molecule has 1 saturated carbocycles. The number of halogens is 3. The van der Waals surface area contributed by atoms with Crippen LogP contribution in [0.1, 0.15) is 122 Å². The quantitative estimate of drug-likeness (QED) is 0.0508. The molecule has 0 radical (unpaired) electrons. The van der Waals surface area contributed by atoms with E-state index in [0.29, 0.717) is 24.0 Å². The molecule has 3 aliphatic heterocycles.